The molecule has 1 N–H and O–H groups in total. The number of benzene rings is 4. The minimum Gasteiger partial charge on any atom is -0.457 e. The Bertz CT molecular complexity index is 1650. The summed E-state index contributed by atoms with van der Waals surface area (Å²) in [6.07, 6.45) is 1.05. The van der Waals surface area contributed by atoms with Crippen molar-refractivity contribution in [3.63, 3.8) is 0 Å². The van der Waals surface area contributed by atoms with E-state index in [1.54, 1.807) is 66.7 Å². The van der Waals surface area contributed by atoms with E-state index in [0.29, 0.717) is 22.9 Å². The maximum atomic E-state index is 14.2. The van der Waals surface area contributed by atoms with Crippen molar-refractivity contribution >= 4 is 39.1 Å². The van der Waals surface area contributed by atoms with Crippen molar-refractivity contribution < 1.29 is 22.7 Å². The Labute approximate surface area is 270 Å². The second-order valence-electron chi connectivity index (χ2n) is 10.6. The number of hydrogen-bond acceptors (Lipinski definition) is 5. The molecule has 0 aliphatic carbocycles. The largest absolute Gasteiger partial charge is 0.457 e. The second kappa shape index (κ2) is 15.6. The summed E-state index contributed by atoms with van der Waals surface area (Å²) in [6.45, 7) is 5.25. The first-order valence-corrected chi connectivity index (χ1v) is 16.7. The fraction of sp³-hybridized carbons (Fsp3) is 0.257. The van der Waals surface area contributed by atoms with E-state index in [9.17, 15) is 18.0 Å². The van der Waals surface area contributed by atoms with E-state index in [4.69, 9.17) is 16.3 Å². The molecule has 0 spiro atoms. The molecule has 0 aliphatic rings. The predicted octanol–water partition coefficient (Wildman–Crippen LogP) is 7.05. The number of rotatable bonds is 14. The van der Waals surface area contributed by atoms with Crippen LogP contribution in [0.25, 0.3) is 0 Å². The van der Waals surface area contributed by atoms with Crippen molar-refractivity contribution in [1.82, 2.24) is 10.2 Å². The van der Waals surface area contributed by atoms with Crippen LogP contribution in [0, 0.1) is 0 Å². The van der Waals surface area contributed by atoms with Gasteiger partial charge in [-0.25, -0.2) is 8.42 Å². The van der Waals surface area contributed by atoms with Gasteiger partial charge in [0.2, 0.25) is 11.8 Å². The monoisotopic (exact) mass is 647 g/mol. The van der Waals surface area contributed by atoms with Gasteiger partial charge in [-0.2, -0.15) is 0 Å². The molecule has 236 valence electrons. The Balaban J connectivity index is 1.71. The van der Waals surface area contributed by atoms with Gasteiger partial charge < -0.3 is 15.0 Å². The topological polar surface area (TPSA) is 96.0 Å². The minimum absolute atomic E-state index is 0.0354. The number of amides is 2. The number of halogens is 1. The standard InChI is InChI=1S/C35H38ClN3O5S/c1-4-26(3)37-35(41)33(5-2)38(24-27-16-18-28(36)19-17-27)34(40)25-39(45(42,43)32-14-10-7-11-15-32)29-20-22-31(23-21-29)44-30-12-8-6-9-13-30/h6-23,26,33H,4-5,24-25H2,1-3H3,(H,37,41)/t26-,33+/m1/s1. The molecule has 8 nitrogen and oxygen atoms in total. The number of carbonyl (C=O) groups excluding carboxylic acids is 2. The first-order valence-electron chi connectivity index (χ1n) is 14.9. The number of nitrogens with one attached hydrogen (secondary N) is 1. The first kappa shape index (κ1) is 33.6. The van der Waals surface area contributed by atoms with Gasteiger partial charge in [0, 0.05) is 17.6 Å². The van der Waals surface area contributed by atoms with Crippen LogP contribution in [0.1, 0.15) is 39.2 Å². The Kier molecular flexibility index (Phi) is 11.6. The Morgan fingerprint density at radius 2 is 1.38 bits per heavy atom. The first-order chi connectivity index (χ1) is 21.6. The molecule has 45 heavy (non-hydrogen) atoms. The molecule has 0 radical (unpaired) electrons. The third-order valence-electron chi connectivity index (χ3n) is 7.37. The van der Waals surface area contributed by atoms with Crippen LogP contribution in [0.5, 0.6) is 11.5 Å². The van der Waals surface area contributed by atoms with Crippen LogP contribution in [0.2, 0.25) is 5.02 Å². The quantitative estimate of drug-likeness (QED) is 0.158. The molecule has 0 unspecified atom stereocenters. The Morgan fingerprint density at radius 3 is 1.96 bits per heavy atom. The summed E-state index contributed by atoms with van der Waals surface area (Å²) in [5.41, 5.74) is 1.03. The highest BCUT2D eigenvalue weighted by Crippen LogP contribution is 2.29. The third-order valence-corrected chi connectivity index (χ3v) is 9.41. The van der Waals surface area contributed by atoms with Crippen molar-refractivity contribution in [2.75, 3.05) is 10.8 Å². The summed E-state index contributed by atoms with van der Waals surface area (Å²) in [7, 11) is -4.18. The van der Waals surface area contributed by atoms with E-state index in [0.717, 1.165) is 16.3 Å². The highest BCUT2D eigenvalue weighted by molar-refractivity contribution is 7.92. The molecule has 2 atom stereocenters. The summed E-state index contributed by atoms with van der Waals surface area (Å²) >= 11 is 6.10. The maximum absolute atomic E-state index is 14.2. The molecule has 0 fully saturated rings. The van der Waals surface area contributed by atoms with Crippen molar-refractivity contribution in [2.45, 2.75) is 57.1 Å². The predicted molar refractivity (Wildman–Crippen MR) is 178 cm³/mol. The van der Waals surface area contributed by atoms with Crippen LogP contribution < -0.4 is 14.4 Å². The lowest BCUT2D eigenvalue weighted by Gasteiger charge is -2.33. The van der Waals surface area contributed by atoms with Gasteiger partial charge in [-0.05, 0) is 86.0 Å². The van der Waals surface area contributed by atoms with Crippen LogP contribution >= 0.6 is 11.6 Å². The molecule has 0 aromatic heterocycles. The summed E-state index contributed by atoms with van der Waals surface area (Å²) in [5.74, 6) is 0.313. The average Bonchev–Trinajstić information content (AvgIpc) is 3.05. The molecule has 0 aliphatic heterocycles. The molecule has 2 amide bonds. The summed E-state index contributed by atoms with van der Waals surface area (Å²) in [5, 5.41) is 3.52. The van der Waals surface area contributed by atoms with Gasteiger partial charge in [0.05, 0.1) is 10.6 Å². The molecule has 0 saturated heterocycles. The van der Waals surface area contributed by atoms with E-state index < -0.39 is 28.5 Å². The highest BCUT2D eigenvalue weighted by Gasteiger charge is 2.34. The van der Waals surface area contributed by atoms with E-state index in [1.807, 2.05) is 51.1 Å². The Hall–Kier alpha value is -4.34. The van der Waals surface area contributed by atoms with Crippen molar-refractivity contribution in [2.24, 2.45) is 0 Å². The number of carbonyl (C=O) groups is 2. The van der Waals surface area contributed by atoms with E-state index >= 15 is 0 Å². The van der Waals surface area contributed by atoms with Gasteiger partial charge in [0.1, 0.15) is 24.1 Å². The normalized spacial score (nSPS) is 12.5. The fourth-order valence-corrected chi connectivity index (χ4v) is 6.26. The highest BCUT2D eigenvalue weighted by atomic mass is 35.5. The molecule has 4 aromatic rings. The summed E-state index contributed by atoms with van der Waals surface area (Å²) < 4.78 is 35.1. The van der Waals surface area contributed by atoms with E-state index in [1.165, 1.54) is 17.0 Å². The molecule has 0 saturated carbocycles. The van der Waals surface area contributed by atoms with Crippen LogP contribution in [0.4, 0.5) is 5.69 Å². The second-order valence-corrected chi connectivity index (χ2v) is 12.9. The number of anilines is 1. The van der Waals surface area contributed by atoms with E-state index in [2.05, 4.69) is 5.32 Å². The van der Waals surface area contributed by atoms with Gasteiger partial charge >= 0.3 is 0 Å². The summed E-state index contributed by atoms with van der Waals surface area (Å²) in [6, 6.07) is 29.7. The number of sulfonamides is 1. The minimum atomic E-state index is -4.18. The lowest BCUT2D eigenvalue weighted by Crippen LogP contribution is -2.53. The molecule has 10 heteroatoms. The molecule has 4 aromatic carbocycles. The van der Waals surface area contributed by atoms with Crippen LogP contribution in [-0.2, 0) is 26.2 Å². The Morgan fingerprint density at radius 1 is 0.800 bits per heavy atom. The van der Waals surface area contributed by atoms with Gasteiger partial charge in [0.15, 0.2) is 0 Å². The molecular formula is C35H38ClN3O5S. The molecular weight excluding hydrogens is 610 g/mol. The van der Waals surface area contributed by atoms with Crippen molar-refractivity contribution in [3.8, 4) is 11.5 Å². The molecule has 0 heterocycles. The number of ether oxygens (including phenoxy) is 1. The van der Waals surface area contributed by atoms with Crippen LogP contribution in [0.15, 0.2) is 114 Å². The van der Waals surface area contributed by atoms with Gasteiger partial charge in [-0.3, -0.25) is 13.9 Å². The zero-order valence-electron chi connectivity index (χ0n) is 25.6. The zero-order valence-corrected chi connectivity index (χ0v) is 27.2. The van der Waals surface area contributed by atoms with Crippen molar-refractivity contribution in [1.29, 1.82) is 0 Å². The van der Waals surface area contributed by atoms with Gasteiger partial charge in [0.25, 0.3) is 10.0 Å². The third kappa shape index (κ3) is 8.86. The summed E-state index contributed by atoms with van der Waals surface area (Å²) in [4.78, 5) is 29.1. The van der Waals surface area contributed by atoms with Gasteiger partial charge in [-0.1, -0.05) is 74.0 Å². The number of nitrogens with zero attached hydrogens (tertiary/aromatic N) is 2. The smallest absolute Gasteiger partial charge is 0.264 e. The number of para-hydroxylation sites is 1. The lowest BCUT2D eigenvalue weighted by atomic mass is 10.1. The molecule has 0 bridgehead atoms. The van der Waals surface area contributed by atoms with E-state index in [-0.39, 0.29) is 29.1 Å². The number of hydrogen-bond donors (Lipinski definition) is 1. The van der Waals surface area contributed by atoms with Crippen LogP contribution in [-0.4, -0.2) is 43.8 Å². The van der Waals surface area contributed by atoms with Crippen molar-refractivity contribution in [3.05, 3.63) is 120 Å². The SMILES string of the molecule is CC[C@@H](C)NC(=O)[C@H](CC)N(Cc1ccc(Cl)cc1)C(=O)CN(c1ccc(Oc2ccccc2)cc1)S(=O)(=O)c1ccccc1. The lowest BCUT2D eigenvalue weighted by molar-refractivity contribution is -0.140. The molecule has 4 rings (SSSR count). The zero-order chi connectivity index (χ0) is 32.4. The van der Waals surface area contributed by atoms with Crippen LogP contribution in [0.3, 0.4) is 0 Å². The maximum Gasteiger partial charge on any atom is 0.264 e. The van der Waals surface area contributed by atoms with Gasteiger partial charge in [-0.15, -0.1) is 0 Å². The fourth-order valence-electron chi connectivity index (χ4n) is 4.70. The average molecular weight is 648 g/mol.